The van der Waals surface area contributed by atoms with Crippen LogP contribution in [0.2, 0.25) is 0 Å². The molecule has 1 aromatic rings. The maximum Gasteiger partial charge on any atom is 0.340 e. The van der Waals surface area contributed by atoms with Gasteiger partial charge in [0.2, 0.25) is 0 Å². The lowest BCUT2D eigenvalue weighted by atomic mass is 9.53. The number of urea groups is 1. The van der Waals surface area contributed by atoms with Crippen molar-refractivity contribution in [3.05, 3.63) is 29.8 Å². The van der Waals surface area contributed by atoms with E-state index >= 15 is 0 Å². The minimum atomic E-state index is -0.380. The molecule has 0 aliphatic heterocycles. The van der Waals surface area contributed by atoms with Crippen molar-refractivity contribution in [2.24, 2.45) is 17.8 Å². The first-order valence-corrected chi connectivity index (χ1v) is 10.4. The number of benzene rings is 1. The number of amides is 2. The number of unbranched alkanes of at least 4 members (excludes halogenated alkanes) is 1. The Bertz CT molecular complexity index is 680. The Morgan fingerprint density at radius 2 is 1.70 bits per heavy atom. The van der Waals surface area contributed by atoms with Crippen molar-refractivity contribution >= 4 is 17.7 Å². The summed E-state index contributed by atoms with van der Waals surface area (Å²) in [5, 5.41) is 6.20. The summed E-state index contributed by atoms with van der Waals surface area (Å²) in [6.07, 6.45) is 9.15. The zero-order valence-corrected chi connectivity index (χ0v) is 16.1. The van der Waals surface area contributed by atoms with Gasteiger partial charge in [-0.1, -0.05) is 25.5 Å². The maximum absolute atomic E-state index is 12.8. The maximum atomic E-state index is 12.8. The van der Waals surface area contributed by atoms with Crippen LogP contribution in [0.25, 0.3) is 0 Å². The Morgan fingerprint density at radius 1 is 1.07 bits per heavy atom. The average molecular weight is 370 g/mol. The van der Waals surface area contributed by atoms with Gasteiger partial charge in [0.25, 0.3) is 0 Å². The first-order valence-electron chi connectivity index (χ1n) is 10.4. The molecule has 4 aliphatic rings. The Hall–Kier alpha value is -2.04. The minimum Gasteiger partial charge on any atom is -0.462 e. The number of carbonyl (C=O) groups is 2. The molecular weight excluding hydrogens is 340 g/mol. The molecule has 1 aromatic carbocycles. The summed E-state index contributed by atoms with van der Waals surface area (Å²) in [4.78, 5) is 25.1. The largest absolute Gasteiger partial charge is 0.462 e. The smallest absolute Gasteiger partial charge is 0.340 e. The highest BCUT2D eigenvalue weighted by atomic mass is 16.5. The van der Waals surface area contributed by atoms with Gasteiger partial charge in [0, 0.05) is 5.54 Å². The molecule has 5 nitrogen and oxygen atoms in total. The number of ether oxygens (including phenoxy) is 1. The van der Waals surface area contributed by atoms with Gasteiger partial charge < -0.3 is 15.4 Å². The van der Waals surface area contributed by atoms with Crippen LogP contribution in [0.5, 0.6) is 0 Å². The summed E-state index contributed by atoms with van der Waals surface area (Å²) in [5.74, 6) is 1.95. The lowest BCUT2D eigenvalue weighted by molar-refractivity contribution is -0.0127. The van der Waals surface area contributed by atoms with Gasteiger partial charge in [-0.2, -0.15) is 0 Å². The normalized spacial score (nSPS) is 30.8. The molecular formula is C22H30N2O3. The van der Waals surface area contributed by atoms with E-state index < -0.39 is 0 Å². The van der Waals surface area contributed by atoms with Gasteiger partial charge in [-0.3, -0.25) is 0 Å². The van der Waals surface area contributed by atoms with E-state index in [9.17, 15) is 9.59 Å². The molecule has 0 atom stereocenters. The van der Waals surface area contributed by atoms with Crippen molar-refractivity contribution in [1.82, 2.24) is 5.32 Å². The van der Waals surface area contributed by atoms with E-state index in [2.05, 4.69) is 17.6 Å². The number of anilines is 1. The first kappa shape index (κ1) is 18.3. The molecule has 2 N–H and O–H groups in total. The summed E-state index contributed by atoms with van der Waals surface area (Å²) in [7, 11) is 0. The zero-order chi connectivity index (χ0) is 18.9. The van der Waals surface area contributed by atoms with Crippen molar-refractivity contribution in [3.8, 4) is 0 Å². The number of esters is 1. The third-order valence-corrected chi connectivity index (χ3v) is 6.54. The molecule has 27 heavy (non-hydrogen) atoms. The molecule has 0 radical (unpaired) electrons. The molecule has 4 aliphatic carbocycles. The number of para-hydroxylation sites is 1. The summed E-state index contributed by atoms with van der Waals surface area (Å²) in [6.45, 7) is 2.46. The van der Waals surface area contributed by atoms with E-state index in [0.29, 0.717) is 17.9 Å². The van der Waals surface area contributed by atoms with Gasteiger partial charge in [-0.15, -0.1) is 0 Å². The Morgan fingerprint density at radius 3 is 2.33 bits per heavy atom. The van der Waals surface area contributed by atoms with Gasteiger partial charge in [0.05, 0.1) is 17.9 Å². The summed E-state index contributed by atoms with van der Waals surface area (Å²) < 4.78 is 5.31. The van der Waals surface area contributed by atoms with Gasteiger partial charge in [0.15, 0.2) is 0 Å². The third kappa shape index (κ3) is 3.97. The van der Waals surface area contributed by atoms with E-state index in [-0.39, 0.29) is 17.5 Å². The first-order chi connectivity index (χ1) is 13.1. The highest BCUT2D eigenvalue weighted by molar-refractivity contribution is 6.01. The van der Waals surface area contributed by atoms with Crippen LogP contribution in [0.3, 0.4) is 0 Å². The lowest BCUT2D eigenvalue weighted by Crippen LogP contribution is -2.60. The van der Waals surface area contributed by atoms with Crippen molar-refractivity contribution < 1.29 is 14.3 Å². The molecule has 5 rings (SSSR count). The number of hydrogen-bond donors (Lipinski definition) is 2. The van der Waals surface area contributed by atoms with Crippen LogP contribution in [0, 0.1) is 17.8 Å². The van der Waals surface area contributed by atoms with E-state index in [1.54, 1.807) is 18.2 Å². The van der Waals surface area contributed by atoms with Crippen molar-refractivity contribution in [3.63, 3.8) is 0 Å². The second-order valence-corrected chi connectivity index (χ2v) is 8.81. The van der Waals surface area contributed by atoms with Gasteiger partial charge in [-0.05, 0) is 74.8 Å². The molecule has 0 unspecified atom stereocenters. The monoisotopic (exact) mass is 370 g/mol. The quantitative estimate of drug-likeness (QED) is 0.562. The fraction of sp³-hybridized carbons (Fsp3) is 0.636. The lowest BCUT2D eigenvalue weighted by Gasteiger charge is -2.56. The molecule has 0 heterocycles. The number of hydrogen-bond acceptors (Lipinski definition) is 3. The van der Waals surface area contributed by atoms with E-state index in [1.165, 1.54) is 19.3 Å². The van der Waals surface area contributed by atoms with Gasteiger partial charge in [-0.25, -0.2) is 9.59 Å². The van der Waals surface area contributed by atoms with Crippen LogP contribution in [0.15, 0.2) is 24.3 Å². The third-order valence-electron chi connectivity index (χ3n) is 6.54. The van der Waals surface area contributed by atoms with Gasteiger partial charge in [0.1, 0.15) is 0 Å². The van der Waals surface area contributed by atoms with Gasteiger partial charge >= 0.3 is 12.0 Å². The van der Waals surface area contributed by atoms with Crippen LogP contribution in [0.1, 0.15) is 68.6 Å². The summed E-state index contributed by atoms with van der Waals surface area (Å²) >= 11 is 0. The van der Waals surface area contributed by atoms with Crippen molar-refractivity contribution in [1.29, 1.82) is 0 Å². The number of nitrogens with one attached hydrogen (secondary N) is 2. The molecule has 4 fully saturated rings. The molecule has 146 valence electrons. The van der Waals surface area contributed by atoms with Crippen LogP contribution < -0.4 is 10.6 Å². The summed E-state index contributed by atoms with van der Waals surface area (Å²) in [6, 6.07) is 6.87. The predicted octanol–water partition coefficient (Wildman–Crippen LogP) is 4.73. The fourth-order valence-electron chi connectivity index (χ4n) is 5.82. The average Bonchev–Trinajstić information content (AvgIpc) is 2.60. The van der Waals surface area contributed by atoms with Crippen LogP contribution >= 0.6 is 0 Å². The Labute approximate surface area is 161 Å². The van der Waals surface area contributed by atoms with Crippen molar-refractivity contribution in [2.45, 2.75) is 63.8 Å². The second kappa shape index (κ2) is 7.53. The minimum absolute atomic E-state index is 0.0462. The Balaban J connectivity index is 1.41. The second-order valence-electron chi connectivity index (χ2n) is 8.81. The highest BCUT2D eigenvalue weighted by Gasteiger charge is 2.51. The van der Waals surface area contributed by atoms with E-state index in [0.717, 1.165) is 49.9 Å². The topological polar surface area (TPSA) is 67.4 Å². The van der Waals surface area contributed by atoms with Crippen LogP contribution in [-0.2, 0) is 4.74 Å². The fourth-order valence-corrected chi connectivity index (χ4v) is 5.82. The van der Waals surface area contributed by atoms with Crippen LogP contribution in [-0.4, -0.2) is 24.1 Å². The molecule has 4 saturated carbocycles. The highest BCUT2D eigenvalue weighted by Crippen LogP contribution is 2.55. The van der Waals surface area contributed by atoms with E-state index in [4.69, 9.17) is 4.74 Å². The SMILES string of the molecule is CCCCOC(=O)c1ccccc1NC(=O)NC12CC3CC(CC(C3)C1)C2. The molecule has 0 saturated heterocycles. The summed E-state index contributed by atoms with van der Waals surface area (Å²) in [5.41, 5.74) is 0.880. The van der Waals surface area contributed by atoms with E-state index in [1.807, 2.05) is 6.07 Å². The van der Waals surface area contributed by atoms with Crippen molar-refractivity contribution in [2.75, 3.05) is 11.9 Å². The molecule has 2 amide bonds. The molecule has 0 aromatic heterocycles. The number of carbonyl (C=O) groups excluding carboxylic acids is 2. The zero-order valence-electron chi connectivity index (χ0n) is 16.1. The molecule has 4 bridgehead atoms. The molecule has 0 spiro atoms. The standard InChI is InChI=1S/C22H30N2O3/c1-2-3-8-27-20(25)18-6-4-5-7-19(18)23-21(26)24-22-12-15-9-16(13-22)11-17(10-15)14-22/h4-7,15-17H,2-3,8-14H2,1H3,(H2,23,24,26). The van der Waals surface area contributed by atoms with Crippen LogP contribution in [0.4, 0.5) is 10.5 Å². The number of rotatable bonds is 6. The predicted molar refractivity (Wildman–Crippen MR) is 105 cm³/mol. The Kier molecular flexibility index (Phi) is 5.11. The molecule has 5 heteroatoms.